The number of carbonyl (C=O) groups excluding carboxylic acids is 1. The SMILES string of the molecule is O=C(COc1ccc(F)cc1Br)NCc1ccccc1C[NH+]1CCCC1. The van der Waals surface area contributed by atoms with Gasteiger partial charge in [0.1, 0.15) is 18.1 Å². The largest absolute Gasteiger partial charge is 0.483 e. The maximum Gasteiger partial charge on any atom is 0.258 e. The maximum atomic E-state index is 13.1. The van der Waals surface area contributed by atoms with Gasteiger partial charge in [-0.3, -0.25) is 4.79 Å². The molecule has 0 saturated carbocycles. The summed E-state index contributed by atoms with van der Waals surface area (Å²) >= 11 is 3.22. The predicted molar refractivity (Wildman–Crippen MR) is 102 cm³/mol. The Kier molecular flexibility index (Phi) is 6.63. The molecule has 0 atom stereocenters. The van der Waals surface area contributed by atoms with E-state index < -0.39 is 0 Å². The van der Waals surface area contributed by atoms with Gasteiger partial charge >= 0.3 is 0 Å². The minimum atomic E-state index is -0.356. The molecule has 1 fully saturated rings. The van der Waals surface area contributed by atoms with Gasteiger partial charge in [-0.2, -0.15) is 0 Å². The van der Waals surface area contributed by atoms with Crippen molar-refractivity contribution in [3.05, 3.63) is 63.9 Å². The van der Waals surface area contributed by atoms with E-state index in [1.807, 2.05) is 12.1 Å². The monoisotopic (exact) mass is 421 g/mol. The highest BCUT2D eigenvalue weighted by Gasteiger charge is 2.17. The van der Waals surface area contributed by atoms with E-state index in [2.05, 4.69) is 33.4 Å². The van der Waals surface area contributed by atoms with Gasteiger partial charge in [0.25, 0.3) is 5.91 Å². The molecule has 0 aliphatic carbocycles. The second kappa shape index (κ2) is 9.14. The molecule has 1 aliphatic rings. The van der Waals surface area contributed by atoms with Gasteiger partial charge in [-0.15, -0.1) is 0 Å². The average molecular weight is 422 g/mol. The first-order valence-electron chi connectivity index (χ1n) is 8.87. The average Bonchev–Trinajstić information content (AvgIpc) is 3.13. The molecule has 0 radical (unpaired) electrons. The number of nitrogens with one attached hydrogen (secondary N) is 2. The van der Waals surface area contributed by atoms with Crippen molar-refractivity contribution in [1.82, 2.24) is 5.32 Å². The van der Waals surface area contributed by atoms with Crippen molar-refractivity contribution in [3.8, 4) is 5.75 Å². The fraction of sp³-hybridized carbons (Fsp3) is 0.350. The molecule has 1 amide bonds. The van der Waals surface area contributed by atoms with Crippen LogP contribution in [0.5, 0.6) is 5.75 Å². The molecular weight excluding hydrogens is 399 g/mol. The third-order valence-electron chi connectivity index (χ3n) is 4.60. The molecule has 1 aliphatic heterocycles. The summed E-state index contributed by atoms with van der Waals surface area (Å²) < 4.78 is 19.0. The van der Waals surface area contributed by atoms with E-state index in [9.17, 15) is 9.18 Å². The van der Waals surface area contributed by atoms with Crippen molar-refractivity contribution in [3.63, 3.8) is 0 Å². The van der Waals surface area contributed by atoms with E-state index in [-0.39, 0.29) is 18.3 Å². The Morgan fingerprint density at radius 1 is 1.15 bits per heavy atom. The lowest BCUT2D eigenvalue weighted by Crippen LogP contribution is -3.08. The van der Waals surface area contributed by atoms with Crippen LogP contribution in [0.4, 0.5) is 4.39 Å². The number of quaternary nitrogens is 1. The molecule has 1 heterocycles. The predicted octanol–water partition coefficient (Wildman–Crippen LogP) is 2.46. The molecule has 2 aromatic carbocycles. The molecule has 4 nitrogen and oxygen atoms in total. The fourth-order valence-electron chi connectivity index (χ4n) is 3.20. The number of halogens is 2. The zero-order chi connectivity index (χ0) is 18.4. The van der Waals surface area contributed by atoms with Crippen molar-refractivity contribution in [2.24, 2.45) is 0 Å². The molecule has 2 N–H and O–H groups in total. The van der Waals surface area contributed by atoms with Crippen LogP contribution in [0, 0.1) is 5.82 Å². The van der Waals surface area contributed by atoms with E-state index in [4.69, 9.17) is 4.74 Å². The highest BCUT2D eigenvalue weighted by molar-refractivity contribution is 9.10. The van der Waals surface area contributed by atoms with Crippen LogP contribution in [0.1, 0.15) is 24.0 Å². The first-order chi connectivity index (χ1) is 12.6. The van der Waals surface area contributed by atoms with Gasteiger partial charge < -0.3 is 15.0 Å². The van der Waals surface area contributed by atoms with Crippen molar-refractivity contribution >= 4 is 21.8 Å². The number of amides is 1. The maximum absolute atomic E-state index is 13.1. The number of hydrogen-bond acceptors (Lipinski definition) is 2. The summed E-state index contributed by atoms with van der Waals surface area (Å²) in [5, 5.41) is 2.90. The number of likely N-dealkylation sites (tertiary alicyclic amines) is 1. The van der Waals surface area contributed by atoms with Gasteiger partial charge in [-0.25, -0.2) is 4.39 Å². The summed E-state index contributed by atoms with van der Waals surface area (Å²) in [4.78, 5) is 13.7. The minimum absolute atomic E-state index is 0.107. The Balaban J connectivity index is 1.51. The van der Waals surface area contributed by atoms with Crippen LogP contribution in [-0.2, 0) is 17.9 Å². The first kappa shape index (κ1) is 18.9. The fourth-order valence-corrected chi connectivity index (χ4v) is 3.67. The number of hydrogen-bond donors (Lipinski definition) is 2. The number of ether oxygens (including phenoxy) is 1. The Hall–Kier alpha value is -1.92. The van der Waals surface area contributed by atoms with Gasteiger partial charge in [-0.05, 0) is 39.7 Å². The van der Waals surface area contributed by atoms with Gasteiger partial charge in [0.15, 0.2) is 6.61 Å². The second-order valence-electron chi connectivity index (χ2n) is 6.54. The number of rotatable bonds is 7. The zero-order valence-electron chi connectivity index (χ0n) is 14.6. The Morgan fingerprint density at radius 2 is 1.88 bits per heavy atom. The Morgan fingerprint density at radius 3 is 2.62 bits per heavy atom. The summed E-state index contributed by atoms with van der Waals surface area (Å²) in [6.07, 6.45) is 2.59. The lowest BCUT2D eigenvalue weighted by atomic mass is 10.1. The molecule has 0 bridgehead atoms. The van der Waals surface area contributed by atoms with Gasteiger partial charge in [-0.1, -0.05) is 24.3 Å². The molecular formula is C20H23BrFN2O2+. The van der Waals surface area contributed by atoms with Crippen LogP contribution >= 0.6 is 15.9 Å². The van der Waals surface area contributed by atoms with Crippen molar-refractivity contribution in [2.45, 2.75) is 25.9 Å². The third-order valence-corrected chi connectivity index (χ3v) is 5.22. The summed E-state index contributed by atoms with van der Waals surface area (Å²) in [7, 11) is 0. The first-order valence-corrected chi connectivity index (χ1v) is 9.66. The van der Waals surface area contributed by atoms with E-state index >= 15 is 0 Å². The highest BCUT2D eigenvalue weighted by atomic mass is 79.9. The third kappa shape index (κ3) is 5.29. The number of carbonyl (C=O) groups is 1. The van der Waals surface area contributed by atoms with E-state index in [0.717, 1.165) is 12.1 Å². The minimum Gasteiger partial charge on any atom is -0.483 e. The summed E-state index contributed by atoms with van der Waals surface area (Å²) in [6.45, 7) is 3.83. The van der Waals surface area contributed by atoms with Crippen molar-refractivity contribution < 1.29 is 18.8 Å². The van der Waals surface area contributed by atoms with Gasteiger partial charge in [0.2, 0.25) is 0 Å². The van der Waals surface area contributed by atoms with Crippen LogP contribution in [-0.4, -0.2) is 25.6 Å². The van der Waals surface area contributed by atoms with Crippen molar-refractivity contribution in [2.75, 3.05) is 19.7 Å². The smallest absolute Gasteiger partial charge is 0.258 e. The van der Waals surface area contributed by atoms with Gasteiger partial charge in [0.05, 0.1) is 17.6 Å². The topological polar surface area (TPSA) is 42.8 Å². The van der Waals surface area contributed by atoms with E-state index in [1.165, 1.54) is 49.7 Å². The Labute approximate surface area is 161 Å². The normalized spacial score (nSPS) is 14.4. The molecule has 6 heteroatoms. The number of benzene rings is 2. The van der Waals surface area contributed by atoms with Gasteiger partial charge in [0, 0.05) is 24.9 Å². The molecule has 0 aromatic heterocycles. The van der Waals surface area contributed by atoms with E-state index in [1.54, 1.807) is 4.90 Å². The molecule has 3 rings (SSSR count). The summed E-state index contributed by atoms with van der Waals surface area (Å²) in [5.74, 6) is -0.116. The van der Waals surface area contributed by atoms with Crippen LogP contribution in [0.2, 0.25) is 0 Å². The Bertz CT molecular complexity index is 763. The van der Waals surface area contributed by atoms with Crippen molar-refractivity contribution in [1.29, 1.82) is 0 Å². The van der Waals surface area contributed by atoms with Crippen LogP contribution in [0.25, 0.3) is 0 Å². The van der Waals surface area contributed by atoms with Crippen LogP contribution < -0.4 is 15.0 Å². The molecule has 26 heavy (non-hydrogen) atoms. The highest BCUT2D eigenvalue weighted by Crippen LogP contribution is 2.25. The molecule has 2 aromatic rings. The van der Waals surface area contributed by atoms with Crippen LogP contribution in [0.15, 0.2) is 46.9 Å². The molecule has 0 spiro atoms. The zero-order valence-corrected chi connectivity index (χ0v) is 16.1. The second-order valence-corrected chi connectivity index (χ2v) is 7.40. The summed E-state index contributed by atoms with van der Waals surface area (Å²) in [6, 6.07) is 12.4. The molecule has 0 unspecified atom stereocenters. The lowest BCUT2D eigenvalue weighted by Gasteiger charge is -2.15. The molecule has 1 saturated heterocycles. The quantitative estimate of drug-likeness (QED) is 0.720. The lowest BCUT2D eigenvalue weighted by molar-refractivity contribution is -0.901. The standard InChI is InChI=1S/C20H22BrFN2O2/c21-18-11-17(22)7-8-19(18)26-14-20(25)23-12-15-5-1-2-6-16(15)13-24-9-3-4-10-24/h1-2,5-8,11H,3-4,9-10,12-14H2,(H,23,25)/p+1. The van der Waals surface area contributed by atoms with E-state index in [0.29, 0.717) is 16.8 Å². The summed E-state index contributed by atoms with van der Waals surface area (Å²) in [5.41, 5.74) is 2.43. The van der Waals surface area contributed by atoms with Crippen LogP contribution in [0.3, 0.4) is 0 Å². The molecule has 138 valence electrons.